The Balaban J connectivity index is 1.53. The van der Waals surface area contributed by atoms with Gasteiger partial charge in [-0.05, 0) is 78.9 Å². The summed E-state index contributed by atoms with van der Waals surface area (Å²) in [6.45, 7) is -0.583. The molecule has 0 aliphatic rings. The minimum atomic E-state index is -4.15. The molecule has 0 saturated carbocycles. The molecule has 4 aromatic carbocycles. The molecule has 1 amide bonds. The third-order valence-corrected chi connectivity index (χ3v) is 9.81. The molecule has 0 atom stereocenters. The van der Waals surface area contributed by atoms with Crippen LogP contribution in [0.1, 0.15) is 0 Å². The molecule has 4 rings (SSSR count). The molecule has 2 N–H and O–H groups in total. The summed E-state index contributed by atoms with van der Waals surface area (Å²) in [5.41, 5.74) is 0.801. The number of amides is 1. The van der Waals surface area contributed by atoms with Crippen molar-refractivity contribution in [3.8, 4) is 0 Å². The molecule has 13 heteroatoms. The molecule has 0 aromatic heterocycles. The summed E-state index contributed by atoms with van der Waals surface area (Å²) in [6.07, 6.45) is 0. The van der Waals surface area contributed by atoms with Gasteiger partial charge in [0.25, 0.3) is 20.0 Å². The molecule has 0 radical (unpaired) electrons. The van der Waals surface area contributed by atoms with E-state index in [1.165, 1.54) is 54.6 Å². The van der Waals surface area contributed by atoms with E-state index in [1.807, 2.05) is 0 Å². The minimum absolute atomic E-state index is 0.0169. The van der Waals surface area contributed by atoms with Crippen LogP contribution in [-0.2, 0) is 24.8 Å². The van der Waals surface area contributed by atoms with Crippen molar-refractivity contribution in [3.05, 3.63) is 112 Å². The van der Waals surface area contributed by atoms with Gasteiger partial charge >= 0.3 is 0 Å². The molecule has 0 saturated heterocycles. The number of hydrogen-bond donors (Lipinski definition) is 2. The Morgan fingerprint density at radius 1 is 0.744 bits per heavy atom. The maximum atomic E-state index is 13.4. The van der Waals surface area contributed by atoms with Crippen molar-refractivity contribution < 1.29 is 21.6 Å². The van der Waals surface area contributed by atoms with Gasteiger partial charge in [0.15, 0.2) is 0 Å². The first kappa shape index (κ1) is 28.9. The Bertz CT molecular complexity index is 1700. The van der Waals surface area contributed by atoms with E-state index in [0.717, 1.165) is 8.78 Å². The Hall–Kier alpha value is -3.09. The second kappa shape index (κ2) is 12.0. The fourth-order valence-electron chi connectivity index (χ4n) is 3.46. The van der Waals surface area contributed by atoms with Crippen LogP contribution in [0.3, 0.4) is 0 Å². The first-order chi connectivity index (χ1) is 18.5. The van der Waals surface area contributed by atoms with Crippen molar-refractivity contribution in [3.63, 3.8) is 0 Å². The van der Waals surface area contributed by atoms with Gasteiger partial charge in [-0.25, -0.2) is 16.8 Å². The lowest BCUT2D eigenvalue weighted by molar-refractivity contribution is -0.114. The molecule has 0 aliphatic heterocycles. The molecular weight excluding hydrogens is 649 g/mol. The van der Waals surface area contributed by atoms with Crippen molar-refractivity contribution in [2.24, 2.45) is 0 Å². The van der Waals surface area contributed by atoms with E-state index in [2.05, 4.69) is 26.0 Å². The predicted molar refractivity (Wildman–Crippen MR) is 157 cm³/mol. The highest BCUT2D eigenvalue weighted by Gasteiger charge is 2.27. The number of nitrogens with zero attached hydrogens (tertiary/aromatic N) is 1. The normalized spacial score (nSPS) is 11.6. The average molecular weight is 669 g/mol. The van der Waals surface area contributed by atoms with Gasteiger partial charge < -0.3 is 5.32 Å². The second-order valence-electron chi connectivity index (χ2n) is 8.11. The Morgan fingerprint density at radius 2 is 1.36 bits per heavy atom. The van der Waals surface area contributed by atoms with Gasteiger partial charge in [-0.2, -0.15) is 0 Å². The van der Waals surface area contributed by atoms with Crippen molar-refractivity contribution in [1.29, 1.82) is 0 Å². The lowest BCUT2D eigenvalue weighted by Gasteiger charge is -2.24. The molecule has 0 heterocycles. The van der Waals surface area contributed by atoms with Crippen molar-refractivity contribution >= 4 is 82.1 Å². The molecule has 202 valence electrons. The Kier molecular flexibility index (Phi) is 8.87. The topological polar surface area (TPSA) is 113 Å². The van der Waals surface area contributed by atoms with E-state index >= 15 is 0 Å². The number of rotatable bonds is 9. The molecule has 0 spiro atoms. The Morgan fingerprint density at radius 3 is 1.97 bits per heavy atom. The maximum absolute atomic E-state index is 13.4. The number of carbonyl (C=O) groups is 1. The summed E-state index contributed by atoms with van der Waals surface area (Å²) in [5, 5.41) is 2.95. The fraction of sp³-hybridized carbons (Fsp3) is 0.0385. The molecule has 0 aliphatic carbocycles. The molecule has 8 nitrogen and oxygen atoms in total. The summed E-state index contributed by atoms with van der Waals surface area (Å²) in [6, 6.07) is 24.0. The average Bonchev–Trinajstić information content (AvgIpc) is 2.91. The van der Waals surface area contributed by atoms with Crippen LogP contribution in [0.2, 0.25) is 10.0 Å². The number of anilines is 3. The zero-order valence-corrected chi connectivity index (χ0v) is 24.6. The highest BCUT2D eigenvalue weighted by Crippen LogP contribution is 2.30. The fourth-order valence-corrected chi connectivity index (χ4v) is 6.50. The number of benzene rings is 4. The first-order valence-electron chi connectivity index (χ1n) is 11.2. The smallest absolute Gasteiger partial charge is 0.264 e. The van der Waals surface area contributed by atoms with Crippen molar-refractivity contribution in [2.45, 2.75) is 9.79 Å². The highest BCUT2D eigenvalue weighted by molar-refractivity contribution is 9.10. The first-order valence-corrected chi connectivity index (χ1v) is 15.6. The number of sulfonamides is 2. The van der Waals surface area contributed by atoms with E-state index in [0.29, 0.717) is 5.69 Å². The van der Waals surface area contributed by atoms with Gasteiger partial charge in [-0.1, -0.05) is 57.3 Å². The molecule has 0 bridgehead atoms. The minimum Gasteiger partial charge on any atom is -0.325 e. The van der Waals surface area contributed by atoms with Gasteiger partial charge in [0, 0.05) is 15.8 Å². The van der Waals surface area contributed by atoms with Crippen LogP contribution in [0.5, 0.6) is 0 Å². The van der Waals surface area contributed by atoms with Gasteiger partial charge in [-0.15, -0.1) is 0 Å². The summed E-state index contributed by atoms with van der Waals surface area (Å²) in [4.78, 5) is 12.9. The summed E-state index contributed by atoms with van der Waals surface area (Å²) < 4.78 is 56.5. The van der Waals surface area contributed by atoms with E-state index in [4.69, 9.17) is 23.2 Å². The van der Waals surface area contributed by atoms with E-state index < -0.39 is 32.5 Å². The van der Waals surface area contributed by atoms with Crippen LogP contribution in [0, 0.1) is 0 Å². The highest BCUT2D eigenvalue weighted by atomic mass is 79.9. The quantitative estimate of drug-likeness (QED) is 0.215. The van der Waals surface area contributed by atoms with Crippen LogP contribution >= 0.6 is 39.1 Å². The van der Waals surface area contributed by atoms with Crippen LogP contribution in [0.15, 0.2) is 111 Å². The zero-order chi connectivity index (χ0) is 28.2. The molecule has 0 unspecified atom stereocenters. The third kappa shape index (κ3) is 7.11. The lowest BCUT2D eigenvalue weighted by atomic mass is 10.3. The second-order valence-corrected chi connectivity index (χ2v) is 13.4. The standard InChI is InChI=1S/C26H20BrCl2N3O5S2/c27-18-6-8-20(9-7-18)31-38(34,35)22-13-10-19(11-14-22)30-26(33)17-32(21-12-15-24(28)25(29)16-21)39(36,37)23-4-2-1-3-5-23/h1-16,31H,17H2,(H,30,33). The zero-order valence-electron chi connectivity index (χ0n) is 19.9. The summed E-state index contributed by atoms with van der Waals surface area (Å²) >= 11 is 15.4. The van der Waals surface area contributed by atoms with E-state index in [-0.39, 0.29) is 31.2 Å². The number of nitrogens with one attached hydrogen (secondary N) is 2. The molecule has 39 heavy (non-hydrogen) atoms. The van der Waals surface area contributed by atoms with Crippen LogP contribution in [0.4, 0.5) is 17.1 Å². The Labute approximate surface area is 244 Å². The van der Waals surface area contributed by atoms with Crippen molar-refractivity contribution in [1.82, 2.24) is 0 Å². The monoisotopic (exact) mass is 667 g/mol. The lowest BCUT2D eigenvalue weighted by Crippen LogP contribution is -2.38. The van der Waals surface area contributed by atoms with E-state index in [9.17, 15) is 21.6 Å². The maximum Gasteiger partial charge on any atom is 0.264 e. The SMILES string of the molecule is O=C(CN(c1ccc(Cl)c(Cl)c1)S(=O)(=O)c1ccccc1)Nc1ccc(S(=O)(=O)Nc2ccc(Br)cc2)cc1. The van der Waals surface area contributed by atoms with Gasteiger partial charge in [0.05, 0.1) is 25.5 Å². The predicted octanol–water partition coefficient (Wildman–Crippen LogP) is 6.39. The molecule has 0 fully saturated rings. The third-order valence-electron chi connectivity index (χ3n) is 5.35. The largest absolute Gasteiger partial charge is 0.325 e. The van der Waals surface area contributed by atoms with E-state index in [1.54, 1.807) is 42.5 Å². The van der Waals surface area contributed by atoms with Gasteiger partial charge in [-0.3, -0.25) is 13.8 Å². The van der Waals surface area contributed by atoms with Crippen LogP contribution in [0.25, 0.3) is 0 Å². The summed E-state index contributed by atoms with van der Waals surface area (Å²) in [7, 11) is -8.02. The number of carbonyl (C=O) groups excluding carboxylic acids is 1. The number of halogens is 3. The van der Waals surface area contributed by atoms with Crippen LogP contribution < -0.4 is 14.3 Å². The van der Waals surface area contributed by atoms with Gasteiger partial charge in [0.2, 0.25) is 5.91 Å². The number of hydrogen-bond acceptors (Lipinski definition) is 5. The van der Waals surface area contributed by atoms with Crippen LogP contribution in [-0.4, -0.2) is 29.3 Å². The van der Waals surface area contributed by atoms with Gasteiger partial charge in [0.1, 0.15) is 6.54 Å². The molecule has 4 aromatic rings. The van der Waals surface area contributed by atoms with Crippen molar-refractivity contribution in [2.75, 3.05) is 20.9 Å². The molecular formula is C26H20BrCl2N3O5S2. The summed E-state index contributed by atoms with van der Waals surface area (Å²) in [5.74, 6) is -0.663.